The quantitative estimate of drug-likeness (QED) is 0.663. The Morgan fingerprint density at radius 2 is 2.26 bits per heavy atom. The first kappa shape index (κ1) is 15.1. The molecule has 8 heteroatoms. The Hall–Kier alpha value is -1.44. The van der Waals surface area contributed by atoms with Gasteiger partial charge in [0.15, 0.2) is 5.17 Å². The van der Waals surface area contributed by atoms with Crippen molar-refractivity contribution in [2.24, 2.45) is 28.0 Å². The Kier molecular flexibility index (Phi) is 3.14. The third-order valence-corrected chi connectivity index (χ3v) is 6.05. The molecule has 4 nitrogen and oxygen atoms in total. The predicted molar refractivity (Wildman–Crippen MR) is 84.4 cm³/mol. The minimum atomic E-state index is -4.41. The minimum Gasteiger partial charge on any atom is -0.379 e. The molecule has 1 aliphatic heterocycles. The van der Waals surface area contributed by atoms with Gasteiger partial charge in [-0.1, -0.05) is 11.8 Å². The molecule has 4 atom stereocenters. The second-order valence-corrected chi connectivity index (χ2v) is 7.42. The van der Waals surface area contributed by atoms with E-state index in [9.17, 15) is 13.2 Å². The highest BCUT2D eigenvalue weighted by atomic mass is 32.2. The van der Waals surface area contributed by atoms with E-state index in [1.54, 1.807) is 6.07 Å². The molecule has 1 aromatic heterocycles. The number of amidine groups is 1. The van der Waals surface area contributed by atoms with Crippen LogP contribution in [0.1, 0.15) is 12.1 Å². The van der Waals surface area contributed by atoms with E-state index in [1.165, 1.54) is 18.0 Å². The minimum absolute atomic E-state index is 0.233. The van der Waals surface area contributed by atoms with Crippen LogP contribution >= 0.6 is 11.8 Å². The predicted octanol–water partition coefficient (Wildman–Crippen LogP) is 2.60. The van der Waals surface area contributed by atoms with Crippen LogP contribution < -0.4 is 10.6 Å². The largest absolute Gasteiger partial charge is 0.433 e. The summed E-state index contributed by atoms with van der Waals surface area (Å²) in [6, 6.07) is 3.03. The molecule has 4 rings (SSSR count). The zero-order valence-electron chi connectivity index (χ0n) is 12.5. The van der Waals surface area contributed by atoms with E-state index in [0.29, 0.717) is 22.7 Å². The van der Waals surface area contributed by atoms with Crippen LogP contribution in [-0.2, 0) is 6.18 Å². The molecule has 3 fully saturated rings. The van der Waals surface area contributed by atoms with Crippen molar-refractivity contribution in [1.29, 1.82) is 0 Å². The van der Waals surface area contributed by atoms with Crippen molar-refractivity contribution < 1.29 is 13.2 Å². The van der Waals surface area contributed by atoms with E-state index < -0.39 is 11.9 Å². The molecule has 0 aromatic carbocycles. The van der Waals surface area contributed by atoms with E-state index >= 15 is 0 Å². The normalized spacial score (nSPS) is 35.6. The summed E-state index contributed by atoms with van der Waals surface area (Å²) in [4.78, 5) is 10.1. The van der Waals surface area contributed by atoms with Crippen molar-refractivity contribution in [3.05, 3.63) is 24.0 Å². The average Bonchev–Trinajstić information content (AvgIpc) is 3.01. The lowest BCUT2D eigenvalue weighted by molar-refractivity contribution is -0.141. The van der Waals surface area contributed by atoms with Crippen molar-refractivity contribution in [3.8, 4) is 0 Å². The number of hydrogen-bond acceptors (Lipinski definition) is 4. The lowest BCUT2D eigenvalue weighted by Crippen LogP contribution is -2.42. The second kappa shape index (κ2) is 4.78. The Morgan fingerprint density at radius 1 is 1.48 bits per heavy atom. The number of nitrogens with zero attached hydrogens (tertiary/aromatic N) is 3. The summed E-state index contributed by atoms with van der Waals surface area (Å²) < 4.78 is 38.5. The van der Waals surface area contributed by atoms with E-state index in [2.05, 4.69) is 9.98 Å². The van der Waals surface area contributed by atoms with E-state index in [4.69, 9.17) is 5.73 Å². The number of anilines is 1. The van der Waals surface area contributed by atoms with Crippen LogP contribution in [0.5, 0.6) is 0 Å². The Labute approximate surface area is 136 Å². The van der Waals surface area contributed by atoms with Crippen LogP contribution in [0.3, 0.4) is 0 Å². The smallest absolute Gasteiger partial charge is 0.379 e. The lowest BCUT2D eigenvalue weighted by Gasteiger charge is -2.35. The SMILES string of the molecule is CSC(N)=N[C@@H]1C2CC23CN(c2ccnc(C(F)(F)F)c2)C[C@@H]13. The van der Waals surface area contributed by atoms with Crippen LogP contribution in [0, 0.1) is 17.3 Å². The molecule has 2 N–H and O–H groups in total. The van der Waals surface area contributed by atoms with Gasteiger partial charge in [0.05, 0.1) is 6.04 Å². The molecule has 1 aromatic rings. The molecule has 2 saturated carbocycles. The molecular formula is C15H17F3N4S. The van der Waals surface area contributed by atoms with Gasteiger partial charge in [-0.25, -0.2) is 0 Å². The van der Waals surface area contributed by atoms with Gasteiger partial charge in [-0.2, -0.15) is 13.2 Å². The standard InChI is InChI=1S/C15H17F3N4S/c1-23-13(19)21-12-9-5-14(9)7-22(6-10(12)14)8-2-3-20-11(4-8)15(16,17)18/h2-4,9-10,12H,5-7H2,1H3,(H2,19,21)/t9?,10-,12+,14?/m0/s1. The number of aliphatic imine (C=N–C) groups is 1. The van der Waals surface area contributed by atoms with Gasteiger partial charge in [-0.3, -0.25) is 9.98 Å². The van der Waals surface area contributed by atoms with Crippen LogP contribution in [0.15, 0.2) is 23.3 Å². The molecule has 2 aliphatic carbocycles. The first-order valence-corrected chi connectivity index (χ1v) is 8.73. The van der Waals surface area contributed by atoms with Crippen molar-refractivity contribution >= 4 is 22.6 Å². The summed E-state index contributed by atoms with van der Waals surface area (Å²) in [7, 11) is 0. The summed E-state index contributed by atoms with van der Waals surface area (Å²) in [5.41, 5.74) is 5.85. The number of nitrogens with two attached hydrogens (primary N) is 1. The molecule has 2 unspecified atom stereocenters. The second-order valence-electron chi connectivity index (χ2n) is 6.59. The fraction of sp³-hybridized carbons (Fsp3) is 0.600. The zero-order chi connectivity index (χ0) is 16.4. The molecule has 124 valence electrons. The number of aromatic nitrogens is 1. The topological polar surface area (TPSA) is 54.5 Å². The van der Waals surface area contributed by atoms with Gasteiger partial charge in [0, 0.05) is 30.9 Å². The molecular weight excluding hydrogens is 325 g/mol. The Balaban J connectivity index is 1.54. The summed E-state index contributed by atoms with van der Waals surface area (Å²) >= 11 is 1.44. The number of pyridine rings is 1. The van der Waals surface area contributed by atoms with Gasteiger partial charge < -0.3 is 10.6 Å². The van der Waals surface area contributed by atoms with Gasteiger partial charge >= 0.3 is 6.18 Å². The van der Waals surface area contributed by atoms with Crippen LogP contribution in [-0.4, -0.2) is 35.5 Å². The maximum Gasteiger partial charge on any atom is 0.433 e. The summed E-state index contributed by atoms with van der Waals surface area (Å²) in [5.74, 6) is 0.952. The number of rotatable bonds is 2. The highest BCUT2D eigenvalue weighted by Gasteiger charge is 2.76. The van der Waals surface area contributed by atoms with Crippen molar-refractivity contribution in [2.45, 2.75) is 18.6 Å². The maximum absolute atomic E-state index is 12.8. The maximum atomic E-state index is 12.8. The van der Waals surface area contributed by atoms with E-state index in [-0.39, 0.29) is 11.5 Å². The van der Waals surface area contributed by atoms with Crippen LogP contribution in [0.25, 0.3) is 0 Å². The average molecular weight is 342 g/mol. The Bertz CT molecular complexity index is 677. The number of alkyl halides is 3. The molecule has 0 amide bonds. The Morgan fingerprint density at radius 3 is 2.96 bits per heavy atom. The fourth-order valence-corrected chi connectivity index (χ4v) is 4.56. The van der Waals surface area contributed by atoms with Gasteiger partial charge in [-0.15, -0.1) is 0 Å². The monoisotopic (exact) mass is 342 g/mol. The van der Waals surface area contributed by atoms with E-state index in [1.807, 2.05) is 11.2 Å². The summed E-state index contributed by atoms with van der Waals surface area (Å²) in [5, 5.41) is 0.595. The third-order valence-electron chi connectivity index (χ3n) is 5.53. The first-order valence-electron chi connectivity index (χ1n) is 7.50. The summed E-state index contributed by atoms with van der Waals surface area (Å²) in [6.45, 7) is 1.56. The highest BCUT2D eigenvalue weighted by molar-refractivity contribution is 8.13. The van der Waals surface area contributed by atoms with Crippen LogP contribution in [0.2, 0.25) is 0 Å². The zero-order valence-corrected chi connectivity index (χ0v) is 13.4. The first-order chi connectivity index (χ1) is 10.8. The number of hydrogen-bond donors (Lipinski definition) is 1. The van der Waals surface area contributed by atoms with Crippen molar-refractivity contribution in [3.63, 3.8) is 0 Å². The fourth-order valence-electron chi connectivity index (χ4n) is 4.33. The molecule has 23 heavy (non-hydrogen) atoms. The molecule has 0 radical (unpaired) electrons. The molecule has 2 heterocycles. The van der Waals surface area contributed by atoms with Gasteiger partial charge in [0.2, 0.25) is 0 Å². The van der Waals surface area contributed by atoms with Gasteiger partial charge in [0.1, 0.15) is 5.69 Å². The van der Waals surface area contributed by atoms with Crippen LogP contribution in [0.4, 0.5) is 18.9 Å². The lowest BCUT2D eigenvalue weighted by atomic mass is 9.71. The van der Waals surface area contributed by atoms with Crippen molar-refractivity contribution in [1.82, 2.24) is 4.98 Å². The van der Waals surface area contributed by atoms with Gasteiger partial charge in [-0.05, 0) is 36.1 Å². The number of thioether (sulfide) groups is 1. The van der Waals surface area contributed by atoms with Crippen molar-refractivity contribution in [2.75, 3.05) is 24.2 Å². The molecule has 0 bridgehead atoms. The van der Waals surface area contributed by atoms with Gasteiger partial charge in [0.25, 0.3) is 0 Å². The summed E-state index contributed by atoms with van der Waals surface area (Å²) in [6.07, 6.45) is -0.161. The molecule has 3 aliphatic rings. The molecule has 1 saturated heterocycles. The number of halogens is 3. The third kappa shape index (κ3) is 2.21. The highest BCUT2D eigenvalue weighted by Crippen LogP contribution is 2.74. The van der Waals surface area contributed by atoms with E-state index in [0.717, 1.165) is 25.6 Å². The molecule has 1 spiro atoms.